The molecule has 0 aliphatic carbocycles. The molecule has 0 unspecified atom stereocenters. The molecule has 2 aromatic carbocycles. The lowest BCUT2D eigenvalue weighted by molar-refractivity contribution is 0.0929. The number of aliphatic hydroxyl groups is 1. The molecule has 174 valence electrons. The molecule has 0 radical (unpaired) electrons. The van der Waals surface area contributed by atoms with Crippen molar-refractivity contribution in [1.82, 2.24) is 14.9 Å². The lowest BCUT2D eigenvalue weighted by Gasteiger charge is -2.18. The van der Waals surface area contributed by atoms with Gasteiger partial charge >= 0.3 is 0 Å². The van der Waals surface area contributed by atoms with Crippen LogP contribution in [0.25, 0.3) is 11.3 Å². The first kappa shape index (κ1) is 24.5. The fourth-order valence-electron chi connectivity index (χ4n) is 3.59. The number of rotatable bonds is 10. The number of nitrogens with one attached hydrogen (secondary N) is 1. The van der Waals surface area contributed by atoms with Crippen molar-refractivity contribution in [3.05, 3.63) is 70.6 Å². The van der Waals surface area contributed by atoms with E-state index in [0.717, 1.165) is 16.8 Å². The highest BCUT2D eigenvalue weighted by molar-refractivity contribution is 6.32. The van der Waals surface area contributed by atoms with Crippen LogP contribution < -0.4 is 10.1 Å². The van der Waals surface area contributed by atoms with Crippen LogP contribution >= 0.6 is 11.6 Å². The molecule has 0 saturated heterocycles. The number of ketones is 1. The Labute approximate surface area is 198 Å². The summed E-state index contributed by atoms with van der Waals surface area (Å²) >= 11 is 6.20. The minimum Gasteiger partial charge on any atom is -0.492 e. The van der Waals surface area contributed by atoms with E-state index in [2.05, 4.69) is 10.3 Å². The second-order valence-electron chi connectivity index (χ2n) is 7.78. The van der Waals surface area contributed by atoms with Crippen molar-refractivity contribution < 1.29 is 19.4 Å². The van der Waals surface area contributed by atoms with Gasteiger partial charge in [-0.15, -0.1) is 0 Å². The van der Waals surface area contributed by atoms with Crippen molar-refractivity contribution in [3.8, 4) is 17.0 Å². The fourth-order valence-corrected chi connectivity index (χ4v) is 3.83. The third kappa shape index (κ3) is 6.21. The van der Waals surface area contributed by atoms with Crippen LogP contribution in [0.2, 0.25) is 5.02 Å². The number of ether oxygens (including phenoxy) is 1. The molecule has 0 aliphatic heterocycles. The number of aliphatic hydroxyl groups excluding tert-OH is 1. The van der Waals surface area contributed by atoms with E-state index in [-0.39, 0.29) is 24.3 Å². The monoisotopic (exact) mass is 469 g/mol. The quantitative estimate of drug-likeness (QED) is 0.437. The summed E-state index contributed by atoms with van der Waals surface area (Å²) in [7, 11) is 1.79. The zero-order chi connectivity index (χ0) is 24.0. The summed E-state index contributed by atoms with van der Waals surface area (Å²) in [5.74, 6) is 0.595. The molecule has 8 heteroatoms. The topological polar surface area (TPSA) is 93.5 Å². The van der Waals surface area contributed by atoms with Crippen LogP contribution in [0.1, 0.15) is 46.8 Å². The Hall–Kier alpha value is -3.16. The first-order valence-corrected chi connectivity index (χ1v) is 11.2. The summed E-state index contributed by atoms with van der Waals surface area (Å²) in [6.45, 7) is 3.80. The maximum Gasteiger partial charge on any atom is 0.251 e. The van der Waals surface area contributed by atoms with Gasteiger partial charge in [-0.1, -0.05) is 35.9 Å². The Bertz CT molecular complexity index is 1130. The van der Waals surface area contributed by atoms with Crippen LogP contribution in [0.5, 0.6) is 5.75 Å². The third-order valence-electron chi connectivity index (χ3n) is 5.23. The average molecular weight is 470 g/mol. The first-order valence-electron chi connectivity index (χ1n) is 10.8. The van der Waals surface area contributed by atoms with Gasteiger partial charge in [0.05, 0.1) is 17.3 Å². The van der Waals surface area contributed by atoms with Crippen molar-refractivity contribution in [2.24, 2.45) is 7.05 Å². The lowest BCUT2D eigenvalue weighted by Crippen LogP contribution is -2.37. The number of hydrogen-bond donors (Lipinski definition) is 2. The Balaban J connectivity index is 1.69. The van der Waals surface area contributed by atoms with Crippen LogP contribution in [0.15, 0.2) is 48.7 Å². The molecule has 1 amide bonds. The zero-order valence-corrected chi connectivity index (χ0v) is 19.7. The molecule has 3 aromatic rings. The van der Waals surface area contributed by atoms with Crippen molar-refractivity contribution in [2.75, 3.05) is 13.2 Å². The molecular weight excluding hydrogens is 442 g/mol. The summed E-state index contributed by atoms with van der Waals surface area (Å²) in [4.78, 5) is 28.8. The van der Waals surface area contributed by atoms with E-state index in [1.807, 2.05) is 37.4 Å². The van der Waals surface area contributed by atoms with Crippen LogP contribution in [-0.2, 0) is 13.5 Å². The summed E-state index contributed by atoms with van der Waals surface area (Å²) in [5, 5.41) is 12.8. The van der Waals surface area contributed by atoms with Gasteiger partial charge in [-0.2, -0.15) is 0 Å². The summed E-state index contributed by atoms with van der Waals surface area (Å²) < 4.78 is 7.13. The molecule has 0 fully saturated rings. The summed E-state index contributed by atoms with van der Waals surface area (Å²) in [6, 6.07) is 12.5. The van der Waals surface area contributed by atoms with Crippen molar-refractivity contribution in [3.63, 3.8) is 0 Å². The number of imidazole rings is 1. The van der Waals surface area contributed by atoms with E-state index in [1.54, 1.807) is 29.8 Å². The number of benzene rings is 2. The van der Waals surface area contributed by atoms with Crippen molar-refractivity contribution in [1.29, 1.82) is 0 Å². The van der Waals surface area contributed by atoms with Crippen LogP contribution in [0.4, 0.5) is 0 Å². The smallest absolute Gasteiger partial charge is 0.251 e. The highest BCUT2D eigenvalue weighted by Gasteiger charge is 2.16. The number of carbonyl (C=O) groups is 2. The normalized spacial score (nSPS) is 11.8. The SMILES string of the molecule is CCOc1ccc(C(=O)N[C@H](CCO)Cc2ccc(-c3cn(C)c(C(C)=O)n3)cc2)cc1Cl. The van der Waals surface area contributed by atoms with Gasteiger partial charge in [0.2, 0.25) is 0 Å². The molecule has 7 nitrogen and oxygen atoms in total. The molecule has 3 rings (SSSR count). The van der Waals surface area contributed by atoms with E-state index in [0.29, 0.717) is 41.6 Å². The van der Waals surface area contributed by atoms with Crippen LogP contribution in [0.3, 0.4) is 0 Å². The Morgan fingerprint density at radius 2 is 1.94 bits per heavy atom. The fraction of sp³-hybridized carbons (Fsp3) is 0.320. The van der Waals surface area contributed by atoms with Gasteiger partial charge in [-0.3, -0.25) is 9.59 Å². The molecule has 0 spiro atoms. The Morgan fingerprint density at radius 3 is 2.52 bits per heavy atom. The molecule has 1 aromatic heterocycles. The number of hydrogen-bond acceptors (Lipinski definition) is 5. The van der Waals surface area contributed by atoms with E-state index in [4.69, 9.17) is 16.3 Å². The molecular formula is C25H28ClN3O4. The van der Waals surface area contributed by atoms with Crippen molar-refractivity contribution in [2.45, 2.75) is 32.7 Å². The predicted molar refractivity (Wildman–Crippen MR) is 128 cm³/mol. The second-order valence-corrected chi connectivity index (χ2v) is 8.19. The number of aromatic nitrogens is 2. The van der Waals surface area contributed by atoms with Gasteiger partial charge < -0.3 is 19.7 Å². The minimum atomic E-state index is -0.264. The van der Waals surface area contributed by atoms with Gasteiger partial charge in [-0.05, 0) is 43.5 Å². The molecule has 1 heterocycles. The number of halogens is 1. The molecule has 0 aliphatic rings. The largest absolute Gasteiger partial charge is 0.492 e. The number of carbonyl (C=O) groups excluding carboxylic acids is 2. The Kier molecular flexibility index (Phi) is 8.25. The van der Waals surface area contributed by atoms with Crippen LogP contribution in [-0.4, -0.2) is 45.6 Å². The number of Topliss-reactive ketones (excluding diaryl/α,β-unsaturated/α-hetero) is 1. The molecule has 2 N–H and O–H groups in total. The highest BCUT2D eigenvalue weighted by atomic mass is 35.5. The summed E-state index contributed by atoms with van der Waals surface area (Å²) in [6.07, 6.45) is 2.79. The van der Waals surface area contributed by atoms with E-state index >= 15 is 0 Å². The average Bonchev–Trinajstić information content (AvgIpc) is 3.18. The number of aryl methyl sites for hydroxylation is 1. The van der Waals surface area contributed by atoms with E-state index < -0.39 is 0 Å². The maximum atomic E-state index is 12.7. The van der Waals surface area contributed by atoms with Gasteiger partial charge in [0.1, 0.15) is 5.75 Å². The van der Waals surface area contributed by atoms with Crippen LogP contribution in [0, 0.1) is 0 Å². The zero-order valence-electron chi connectivity index (χ0n) is 19.0. The number of nitrogens with zero attached hydrogens (tertiary/aromatic N) is 2. The van der Waals surface area contributed by atoms with Crippen molar-refractivity contribution >= 4 is 23.3 Å². The second kappa shape index (κ2) is 11.1. The molecule has 33 heavy (non-hydrogen) atoms. The summed E-state index contributed by atoms with van der Waals surface area (Å²) in [5.41, 5.74) is 3.05. The van der Waals surface area contributed by atoms with E-state index in [1.165, 1.54) is 6.92 Å². The van der Waals surface area contributed by atoms with E-state index in [9.17, 15) is 14.7 Å². The molecule has 0 bridgehead atoms. The standard InChI is InChI=1S/C25H28ClN3O4/c1-4-33-23-10-9-19(14-21(23)26)25(32)27-20(11-12-30)13-17-5-7-18(8-6-17)22-15-29(3)24(28-22)16(2)31/h5-10,14-15,20,30H,4,11-13H2,1-3H3,(H,27,32)/t20-/m1/s1. The molecule has 1 atom stereocenters. The number of amides is 1. The maximum absolute atomic E-state index is 12.7. The Morgan fingerprint density at radius 1 is 1.21 bits per heavy atom. The highest BCUT2D eigenvalue weighted by Crippen LogP contribution is 2.25. The minimum absolute atomic E-state index is 0.0468. The van der Waals surface area contributed by atoms with Gasteiger partial charge in [-0.25, -0.2) is 4.98 Å². The predicted octanol–water partition coefficient (Wildman–Crippen LogP) is 4.07. The van der Waals surface area contributed by atoms with Gasteiger partial charge in [0.15, 0.2) is 11.6 Å². The lowest BCUT2D eigenvalue weighted by atomic mass is 10.0. The van der Waals surface area contributed by atoms with Gasteiger partial charge in [0, 0.05) is 43.9 Å². The molecule has 0 saturated carbocycles. The first-order chi connectivity index (χ1) is 15.8. The third-order valence-corrected chi connectivity index (χ3v) is 5.53. The van der Waals surface area contributed by atoms with Gasteiger partial charge in [0.25, 0.3) is 5.91 Å².